The first-order valence-electron chi connectivity index (χ1n) is 7.03. The summed E-state index contributed by atoms with van der Waals surface area (Å²) < 4.78 is 13.9. The lowest BCUT2D eigenvalue weighted by Crippen LogP contribution is -2.44. The van der Waals surface area contributed by atoms with Crippen LogP contribution in [0.3, 0.4) is 0 Å². The summed E-state index contributed by atoms with van der Waals surface area (Å²) in [5, 5.41) is 3.04. The number of halogens is 2. The zero-order valence-corrected chi connectivity index (χ0v) is 12.6. The quantitative estimate of drug-likeness (QED) is 0.928. The third kappa shape index (κ3) is 3.94. The molecule has 114 valence electrons. The third-order valence-electron chi connectivity index (χ3n) is 3.51. The van der Waals surface area contributed by atoms with Crippen molar-refractivity contribution in [1.82, 2.24) is 10.2 Å². The van der Waals surface area contributed by atoms with Crippen molar-refractivity contribution in [2.45, 2.75) is 38.8 Å². The molecule has 1 saturated heterocycles. The van der Waals surface area contributed by atoms with Gasteiger partial charge < -0.3 is 10.2 Å². The van der Waals surface area contributed by atoms with Gasteiger partial charge in [0.1, 0.15) is 11.9 Å². The average Bonchev–Trinajstić information content (AvgIpc) is 2.56. The number of nitrogens with one attached hydrogen (secondary N) is 1. The second-order valence-electron chi connectivity index (χ2n) is 5.15. The third-order valence-corrected chi connectivity index (χ3v) is 3.74. The molecule has 21 heavy (non-hydrogen) atoms. The number of carbonyl (C=O) groups is 2. The number of nitrogens with zero attached hydrogens (tertiary/aromatic N) is 1. The van der Waals surface area contributed by atoms with Crippen molar-refractivity contribution in [3.63, 3.8) is 0 Å². The van der Waals surface area contributed by atoms with Crippen molar-refractivity contribution < 1.29 is 14.0 Å². The summed E-state index contributed by atoms with van der Waals surface area (Å²) in [5.41, 5.74) is 0.400. The van der Waals surface area contributed by atoms with Crippen LogP contribution in [0.2, 0.25) is 5.02 Å². The van der Waals surface area contributed by atoms with E-state index in [1.54, 1.807) is 12.1 Å². The average molecular weight is 313 g/mol. The normalized spacial score (nSPS) is 19.4. The van der Waals surface area contributed by atoms with Gasteiger partial charge in [-0.1, -0.05) is 31.0 Å². The van der Waals surface area contributed by atoms with E-state index in [2.05, 4.69) is 5.32 Å². The van der Waals surface area contributed by atoms with Gasteiger partial charge in [0.25, 0.3) is 0 Å². The van der Waals surface area contributed by atoms with Crippen LogP contribution in [-0.2, 0) is 16.1 Å². The fraction of sp³-hybridized carbons (Fsp3) is 0.467. The highest BCUT2D eigenvalue weighted by Gasteiger charge is 2.29. The van der Waals surface area contributed by atoms with E-state index >= 15 is 0 Å². The van der Waals surface area contributed by atoms with Gasteiger partial charge in [-0.2, -0.15) is 0 Å². The Balaban J connectivity index is 2.16. The van der Waals surface area contributed by atoms with Crippen LogP contribution >= 0.6 is 11.6 Å². The predicted octanol–water partition coefficient (Wildman–Crippen LogP) is 2.50. The molecule has 1 aromatic rings. The molecule has 2 rings (SSSR count). The first-order valence-corrected chi connectivity index (χ1v) is 7.41. The molecular formula is C15H18ClFN2O2. The lowest BCUT2D eigenvalue weighted by Gasteiger charge is -2.24. The van der Waals surface area contributed by atoms with E-state index in [1.807, 2.05) is 6.92 Å². The van der Waals surface area contributed by atoms with E-state index in [0.29, 0.717) is 23.6 Å². The van der Waals surface area contributed by atoms with Crippen LogP contribution in [0.5, 0.6) is 0 Å². The van der Waals surface area contributed by atoms with Crippen molar-refractivity contribution in [2.75, 3.05) is 6.54 Å². The van der Waals surface area contributed by atoms with Gasteiger partial charge in [-0.3, -0.25) is 9.59 Å². The number of rotatable bonds is 4. The van der Waals surface area contributed by atoms with Gasteiger partial charge in [0.05, 0.1) is 0 Å². The van der Waals surface area contributed by atoms with Crippen LogP contribution in [0.1, 0.15) is 31.7 Å². The Morgan fingerprint density at radius 1 is 1.43 bits per heavy atom. The lowest BCUT2D eigenvalue weighted by molar-refractivity contribution is -0.134. The Morgan fingerprint density at radius 3 is 2.86 bits per heavy atom. The monoisotopic (exact) mass is 312 g/mol. The van der Waals surface area contributed by atoms with E-state index in [9.17, 15) is 14.0 Å². The Morgan fingerprint density at radius 2 is 2.19 bits per heavy atom. The first kappa shape index (κ1) is 15.8. The summed E-state index contributed by atoms with van der Waals surface area (Å²) >= 11 is 5.72. The molecule has 1 aliphatic rings. The standard InChI is InChI=1S/C15H18ClFN2O2/c1-2-3-13-15(21)19(7-6-14(20)18-13)9-10-4-5-11(16)8-12(10)17/h4-5,8,13H,2-3,6-7,9H2,1H3,(H,18,20). The van der Waals surface area contributed by atoms with Crippen LogP contribution in [0.25, 0.3) is 0 Å². The summed E-state index contributed by atoms with van der Waals surface area (Å²) in [4.78, 5) is 25.6. The van der Waals surface area contributed by atoms with Gasteiger partial charge in [-0.25, -0.2) is 4.39 Å². The molecule has 1 heterocycles. The van der Waals surface area contributed by atoms with Crippen LogP contribution in [0.4, 0.5) is 4.39 Å². The van der Waals surface area contributed by atoms with Crippen molar-refractivity contribution in [2.24, 2.45) is 0 Å². The molecule has 2 amide bonds. The van der Waals surface area contributed by atoms with Gasteiger partial charge in [0.15, 0.2) is 0 Å². The minimum Gasteiger partial charge on any atom is -0.344 e. The van der Waals surface area contributed by atoms with Crippen LogP contribution in [-0.4, -0.2) is 29.3 Å². The van der Waals surface area contributed by atoms with E-state index in [0.717, 1.165) is 6.42 Å². The number of hydrogen-bond donors (Lipinski definition) is 1. The highest BCUT2D eigenvalue weighted by atomic mass is 35.5. The summed E-state index contributed by atoms with van der Waals surface area (Å²) in [6, 6.07) is 3.88. The van der Waals surface area contributed by atoms with E-state index in [-0.39, 0.29) is 24.8 Å². The maximum absolute atomic E-state index is 13.9. The van der Waals surface area contributed by atoms with Gasteiger partial charge in [0.2, 0.25) is 11.8 Å². The fourth-order valence-electron chi connectivity index (χ4n) is 2.39. The summed E-state index contributed by atoms with van der Waals surface area (Å²) in [6.07, 6.45) is 1.62. The number of carbonyl (C=O) groups excluding carboxylic acids is 2. The SMILES string of the molecule is CCCC1NC(=O)CCN(Cc2ccc(Cl)cc2F)C1=O. The number of hydrogen-bond acceptors (Lipinski definition) is 2. The summed E-state index contributed by atoms with van der Waals surface area (Å²) in [6.45, 7) is 2.40. The molecule has 1 aromatic carbocycles. The lowest BCUT2D eigenvalue weighted by atomic mass is 10.1. The van der Waals surface area contributed by atoms with Crippen LogP contribution in [0, 0.1) is 5.82 Å². The molecular weight excluding hydrogens is 295 g/mol. The van der Waals surface area contributed by atoms with Gasteiger partial charge in [-0.15, -0.1) is 0 Å². The maximum atomic E-state index is 13.9. The molecule has 0 aliphatic carbocycles. The van der Waals surface area contributed by atoms with Crippen molar-refractivity contribution in [3.05, 3.63) is 34.6 Å². The Labute approximate surface area is 128 Å². The molecule has 0 radical (unpaired) electrons. The molecule has 0 spiro atoms. The molecule has 1 aliphatic heterocycles. The van der Waals surface area contributed by atoms with Gasteiger partial charge >= 0.3 is 0 Å². The number of benzene rings is 1. The first-order chi connectivity index (χ1) is 10.0. The van der Waals surface area contributed by atoms with Gasteiger partial charge in [0, 0.05) is 30.1 Å². The minimum absolute atomic E-state index is 0.138. The molecule has 0 bridgehead atoms. The minimum atomic E-state index is -0.514. The Bertz CT molecular complexity index is 550. The van der Waals surface area contributed by atoms with Crippen LogP contribution in [0.15, 0.2) is 18.2 Å². The number of amides is 2. The van der Waals surface area contributed by atoms with Crippen molar-refractivity contribution in [1.29, 1.82) is 0 Å². The second kappa shape index (κ2) is 6.89. The highest BCUT2D eigenvalue weighted by molar-refractivity contribution is 6.30. The smallest absolute Gasteiger partial charge is 0.245 e. The van der Waals surface area contributed by atoms with Crippen LogP contribution < -0.4 is 5.32 Å². The summed E-state index contributed by atoms with van der Waals surface area (Å²) in [5.74, 6) is -0.733. The zero-order valence-electron chi connectivity index (χ0n) is 11.9. The summed E-state index contributed by atoms with van der Waals surface area (Å²) in [7, 11) is 0. The molecule has 1 atom stereocenters. The highest BCUT2D eigenvalue weighted by Crippen LogP contribution is 2.18. The topological polar surface area (TPSA) is 49.4 Å². The predicted molar refractivity (Wildman–Crippen MR) is 78.3 cm³/mol. The maximum Gasteiger partial charge on any atom is 0.245 e. The van der Waals surface area contributed by atoms with Crippen molar-refractivity contribution in [3.8, 4) is 0 Å². The van der Waals surface area contributed by atoms with Crippen molar-refractivity contribution >= 4 is 23.4 Å². The molecule has 1 fully saturated rings. The molecule has 6 heteroatoms. The molecule has 1 N–H and O–H groups in total. The zero-order chi connectivity index (χ0) is 15.4. The molecule has 4 nitrogen and oxygen atoms in total. The van der Waals surface area contributed by atoms with E-state index < -0.39 is 11.9 Å². The fourth-order valence-corrected chi connectivity index (χ4v) is 2.55. The molecule has 0 aromatic heterocycles. The molecule has 1 unspecified atom stereocenters. The Hall–Kier alpha value is -1.62. The van der Waals surface area contributed by atoms with Gasteiger partial charge in [-0.05, 0) is 18.6 Å². The second-order valence-corrected chi connectivity index (χ2v) is 5.59. The Kier molecular flexibility index (Phi) is 5.17. The van der Waals surface area contributed by atoms with E-state index in [4.69, 9.17) is 11.6 Å². The van der Waals surface area contributed by atoms with E-state index in [1.165, 1.54) is 11.0 Å². The molecule has 0 saturated carbocycles. The largest absolute Gasteiger partial charge is 0.344 e.